The molecular formula is C25H20Cl2F2N6O2. The summed E-state index contributed by atoms with van der Waals surface area (Å²) in [5.41, 5.74) is 8.84. The number of nitrogens with one attached hydrogen (secondary N) is 2. The number of hydrogen-bond acceptors (Lipinski definition) is 5. The second-order valence-electron chi connectivity index (χ2n) is 7.82. The van der Waals surface area contributed by atoms with E-state index in [1.54, 1.807) is 24.3 Å². The molecule has 8 nitrogen and oxygen atoms in total. The van der Waals surface area contributed by atoms with Crippen LogP contribution in [0.3, 0.4) is 0 Å². The number of halogens is 4. The maximum atomic E-state index is 15.4. The van der Waals surface area contributed by atoms with Gasteiger partial charge in [0.1, 0.15) is 11.6 Å². The fourth-order valence-electron chi connectivity index (χ4n) is 3.80. The van der Waals surface area contributed by atoms with Crippen molar-refractivity contribution in [2.45, 2.75) is 6.42 Å². The van der Waals surface area contributed by atoms with E-state index in [0.717, 1.165) is 6.07 Å². The summed E-state index contributed by atoms with van der Waals surface area (Å²) in [5.74, 6) is 2.54. The number of benzene rings is 3. The first-order chi connectivity index (χ1) is 17.7. The van der Waals surface area contributed by atoms with Crippen LogP contribution in [0, 0.1) is 11.6 Å². The molecule has 4 rings (SSSR count). The van der Waals surface area contributed by atoms with Crippen molar-refractivity contribution in [2.75, 3.05) is 11.9 Å². The maximum absolute atomic E-state index is 15.4. The molecule has 0 saturated heterocycles. The topological polar surface area (TPSA) is 128 Å². The van der Waals surface area contributed by atoms with E-state index in [4.69, 9.17) is 34.8 Å². The standard InChI is InChI=1S/C25H20Cl2F2N6O2/c26-15-5-3-7-19(21(15)29)35-23(13-8-9-17(28)16(27)12-13)22(24(30)37)33-25(35)14-4-1-2-6-18(14)32-11-10-20(36)34-31/h1-9,12,32H,10-11,31H2,(H2,30,37)(H,34,36). The average Bonchev–Trinajstić information content (AvgIpc) is 3.28. The number of carbonyl (C=O) groups is 2. The van der Waals surface area contributed by atoms with Gasteiger partial charge in [0.15, 0.2) is 11.5 Å². The van der Waals surface area contributed by atoms with Crippen LogP contribution in [0.2, 0.25) is 10.0 Å². The van der Waals surface area contributed by atoms with E-state index in [0.29, 0.717) is 11.3 Å². The fraction of sp³-hybridized carbons (Fsp3) is 0.0800. The minimum Gasteiger partial charge on any atom is -0.384 e. The maximum Gasteiger partial charge on any atom is 0.269 e. The molecule has 12 heteroatoms. The van der Waals surface area contributed by atoms with Crippen LogP contribution < -0.4 is 22.3 Å². The third kappa shape index (κ3) is 5.26. The third-order valence-corrected chi connectivity index (χ3v) is 6.05. The lowest BCUT2D eigenvalue weighted by Crippen LogP contribution is -2.31. The smallest absolute Gasteiger partial charge is 0.269 e. The van der Waals surface area contributed by atoms with Crippen LogP contribution in [0.25, 0.3) is 28.3 Å². The highest BCUT2D eigenvalue weighted by atomic mass is 35.5. The molecule has 190 valence electrons. The summed E-state index contributed by atoms with van der Waals surface area (Å²) in [5, 5.41) is 2.74. The van der Waals surface area contributed by atoms with Gasteiger partial charge in [-0.2, -0.15) is 0 Å². The van der Waals surface area contributed by atoms with Crippen molar-refractivity contribution in [2.24, 2.45) is 11.6 Å². The largest absolute Gasteiger partial charge is 0.384 e. The molecule has 0 aliphatic heterocycles. The van der Waals surface area contributed by atoms with Crippen LogP contribution >= 0.6 is 23.2 Å². The summed E-state index contributed by atoms with van der Waals surface area (Å²) >= 11 is 12.1. The first kappa shape index (κ1) is 26.1. The molecule has 3 aromatic carbocycles. The van der Waals surface area contributed by atoms with Crippen molar-refractivity contribution in [1.29, 1.82) is 0 Å². The van der Waals surface area contributed by atoms with Gasteiger partial charge in [0.05, 0.1) is 21.4 Å². The molecule has 6 N–H and O–H groups in total. The first-order valence-corrected chi connectivity index (χ1v) is 11.6. The molecule has 0 radical (unpaired) electrons. The number of aromatic nitrogens is 2. The van der Waals surface area contributed by atoms with Crippen molar-refractivity contribution in [3.63, 3.8) is 0 Å². The molecule has 0 bridgehead atoms. The van der Waals surface area contributed by atoms with E-state index in [1.807, 2.05) is 0 Å². The molecule has 4 aromatic rings. The van der Waals surface area contributed by atoms with E-state index >= 15 is 4.39 Å². The van der Waals surface area contributed by atoms with Crippen molar-refractivity contribution < 1.29 is 18.4 Å². The first-order valence-electron chi connectivity index (χ1n) is 10.9. The number of imidazole rings is 1. The molecule has 37 heavy (non-hydrogen) atoms. The number of amides is 2. The van der Waals surface area contributed by atoms with Gasteiger partial charge in [-0.25, -0.2) is 19.6 Å². The Bertz CT molecular complexity index is 1510. The zero-order chi connectivity index (χ0) is 26.7. The second kappa shape index (κ2) is 11.0. The fourth-order valence-corrected chi connectivity index (χ4v) is 4.15. The second-order valence-corrected chi connectivity index (χ2v) is 8.64. The Kier molecular flexibility index (Phi) is 7.72. The lowest BCUT2D eigenvalue weighted by Gasteiger charge is -2.17. The van der Waals surface area contributed by atoms with Gasteiger partial charge >= 0.3 is 0 Å². The van der Waals surface area contributed by atoms with Crippen molar-refractivity contribution in [3.05, 3.63) is 88.0 Å². The SMILES string of the molecule is NNC(=O)CCNc1ccccc1-c1nc(C(N)=O)c(-c2ccc(F)c(Cl)c2)n1-c1cccc(Cl)c1F. The van der Waals surface area contributed by atoms with Crippen LogP contribution in [-0.2, 0) is 4.79 Å². The summed E-state index contributed by atoms with van der Waals surface area (Å²) in [6.07, 6.45) is 0.0774. The Morgan fingerprint density at radius 1 is 1.00 bits per heavy atom. The van der Waals surface area contributed by atoms with Crippen LogP contribution in [0.1, 0.15) is 16.9 Å². The van der Waals surface area contributed by atoms with Gasteiger partial charge in [0.2, 0.25) is 5.91 Å². The normalized spacial score (nSPS) is 10.8. The lowest BCUT2D eigenvalue weighted by molar-refractivity contribution is -0.120. The van der Waals surface area contributed by atoms with Gasteiger partial charge < -0.3 is 11.1 Å². The molecule has 1 aromatic heterocycles. The number of rotatable bonds is 8. The summed E-state index contributed by atoms with van der Waals surface area (Å²) in [6, 6.07) is 15.0. The predicted octanol–water partition coefficient (Wildman–Crippen LogP) is 4.68. The number of carbonyl (C=O) groups excluding carboxylic acids is 2. The molecule has 0 saturated carbocycles. The Labute approximate surface area is 220 Å². The summed E-state index contributed by atoms with van der Waals surface area (Å²) in [6.45, 7) is 0.218. The molecular weight excluding hydrogens is 525 g/mol. The molecule has 0 fully saturated rings. The van der Waals surface area contributed by atoms with Gasteiger partial charge in [-0.15, -0.1) is 0 Å². The average molecular weight is 545 g/mol. The van der Waals surface area contributed by atoms with Crippen molar-refractivity contribution in [3.8, 4) is 28.3 Å². The number of para-hydroxylation sites is 1. The molecule has 0 atom stereocenters. The zero-order valence-corrected chi connectivity index (χ0v) is 20.6. The van der Waals surface area contributed by atoms with E-state index in [-0.39, 0.29) is 57.4 Å². The van der Waals surface area contributed by atoms with E-state index in [1.165, 1.54) is 34.9 Å². The summed E-state index contributed by atoms with van der Waals surface area (Å²) in [7, 11) is 0. The molecule has 0 aliphatic carbocycles. The zero-order valence-electron chi connectivity index (χ0n) is 19.1. The minimum atomic E-state index is -0.900. The highest BCUT2D eigenvalue weighted by Crippen LogP contribution is 2.38. The van der Waals surface area contributed by atoms with Gasteiger partial charge in [-0.3, -0.25) is 19.6 Å². The molecule has 0 unspecified atom stereocenters. The number of hydrogen-bond donors (Lipinski definition) is 4. The van der Waals surface area contributed by atoms with Crippen molar-refractivity contribution >= 4 is 40.7 Å². The Morgan fingerprint density at radius 3 is 2.46 bits per heavy atom. The quantitative estimate of drug-likeness (QED) is 0.145. The number of anilines is 1. The highest BCUT2D eigenvalue weighted by Gasteiger charge is 2.27. The van der Waals surface area contributed by atoms with Crippen molar-refractivity contribution in [1.82, 2.24) is 15.0 Å². The number of primary amides is 1. The van der Waals surface area contributed by atoms with Crippen LogP contribution in [0.4, 0.5) is 14.5 Å². The van der Waals surface area contributed by atoms with Crippen LogP contribution in [0.5, 0.6) is 0 Å². The molecule has 0 aliphatic rings. The van der Waals surface area contributed by atoms with Crippen LogP contribution in [-0.4, -0.2) is 27.9 Å². The Hall–Kier alpha value is -3.99. The van der Waals surface area contributed by atoms with Gasteiger partial charge in [-0.1, -0.05) is 41.4 Å². The monoisotopic (exact) mass is 544 g/mol. The molecule has 0 spiro atoms. The summed E-state index contributed by atoms with van der Waals surface area (Å²) in [4.78, 5) is 28.6. The van der Waals surface area contributed by atoms with E-state index in [2.05, 4.69) is 15.7 Å². The molecule has 2 amide bonds. The van der Waals surface area contributed by atoms with E-state index in [9.17, 15) is 14.0 Å². The third-order valence-electron chi connectivity index (χ3n) is 5.47. The van der Waals surface area contributed by atoms with Gasteiger partial charge in [0.25, 0.3) is 5.91 Å². The van der Waals surface area contributed by atoms with E-state index < -0.39 is 17.5 Å². The van der Waals surface area contributed by atoms with Gasteiger partial charge in [0, 0.05) is 29.8 Å². The molecule has 1 heterocycles. The summed E-state index contributed by atoms with van der Waals surface area (Å²) < 4.78 is 30.8. The lowest BCUT2D eigenvalue weighted by atomic mass is 10.1. The van der Waals surface area contributed by atoms with Crippen LogP contribution in [0.15, 0.2) is 60.7 Å². The predicted molar refractivity (Wildman–Crippen MR) is 138 cm³/mol. The highest BCUT2D eigenvalue weighted by molar-refractivity contribution is 6.31. The Balaban J connectivity index is 2.01. The van der Waals surface area contributed by atoms with Gasteiger partial charge in [-0.05, 0) is 42.5 Å². The number of nitrogens with zero attached hydrogens (tertiary/aromatic N) is 2. The number of nitrogens with two attached hydrogens (primary N) is 2. The minimum absolute atomic E-state index is 0.0322. The Morgan fingerprint density at radius 2 is 1.76 bits per heavy atom. The number of hydrazine groups is 1.